The lowest BCUT2D eigenvalue weighted by Crippen LogP contribution is -2.35. The van der Waals surface area contributed by atoms with Crippen LogP contribution in [0.3, 0.4) is 0 Å². The minimum absolute atomic E-state index is 0.179. The molecular weight excluding hydrogens is 319 g/mol. The maximum absolute atomic E-state index is 13.0. The normalized spacial score (nSPS) is 18.2. The van der Waals surface area contributed by atoms with Crippen LogP contribution >= 0.6 is 0 Å². The number of nitrogens with zero attached hydrogens (tertiary/aromatic N) is 1. The summed E-state index contributed by atoms with van der Waals surface area (Å²) in [6, 6.07) is 10.4. The number of piperidine rings is 1. The largest absolute Gasteiger partial charge is 0.455 e. The van der Waals surface area contributed by atoms with Gasteiger partial charge in [0, 0.05) is 13.6 Å². The number of carbonyl (C=O) groups excluding carboxylic acids is 1. The van der Waals surface area contributed by atoms with Crippen molar-refractivity contribution in [3.05, 3.63) is 59.3 Å². The summed E-state index contributed by atoms with van der Waals surface area (Å²) in [7, 11) is 1.60. The van der Waals surface area contributed by atoms with Crippen LogP contribution in [0.2, 0.25) is 0 Å². The van der Waals surface area contributed by atoms with Crippen LogP contribution in [0.1, 0.15) is 41.1 Å². The topological polar surface area (TPSA) is 45.5 Å². The van der Waals surface area contributed by atoms with E-state index in [-0.39, 0.29) is 11.7 Å². The molecule has 0 saturated carbocycles. The van der Waals surface area contributed by atoms with Gasteiger partial charge >= 0.3 is 0 Å². The van der Waals surface area contributed by atoms with Crippen molar-refractivity contribution in [1.29, 1.82) is 0 Å². The first kappa shape index (κ1) is 17.7. The molecule has 2 aromatic rings. The van der Waals surface area contributed by atoms with Crippen LogP contribution < -0.4 is 5.32 Å². The molecule has 1 N–H and O–H groups in total. The molecule has 1 aromatic heterocycles. The van der Waals surface area contributed by atoms with Crippen molar-refractivity contribution in [1.82, 2.24) is 10.2 Å². The highest BCUT2D eigenvalue weighted by Crippen LogP contribution is 2.23. The Bertz CT molecular complexity index is 696. The molecule has 134 valence electrons. The number of nitrogens with one attached hydrogen (secondary N) is 1. The highest BCUT2D eigenvalue weighted by Gasteiger charge is 2.21. The second kappa shape index (κ2) is 8.30. The van der Waals surface area contributed by atoms with Crippen LogP contribution in [0.25, 0.3) is 0 Å². The zero-order valence-electron chi connectivity index (χ0n) is 14.6. The summed E-state index contributed by atoms with van der Waals surface area (Å²) in [5.41, 5.74) is 1.19. The SMILES string of the molecule is CNC(=O)c1ccc(CN2CCCC(CCc3ccc(F)cc3)C2)o1. The van der Waals surface area contributed by atoms with Crippen molar-refractivity contribution in [2.45, 2.75) is 32.2 Å². The van der Waals surface area contributed by atoms with Gasteiger partial charge in [-0.2, -0.15) is 0 Å². The second-order valence-corrected chi connectivity index (χ2v) is 6.75. The fourth-order valence-corrected chi connectivity index (χ4v) is 3.48. The molecule has 1 aromatic carbocycles. The lowest BCUT2D eigenvalue weighted by molar-refractivity contribution is 0.0929. The molecule has 3 rings (SSSR count). The molecule has 0 bridgehead atoms. The first-order chi connectivity index (χ1) is 12.1. The summed E-state index contributed by atoms with van der Waals surface area (Å²) in [6.07, 6.45) is 4.51. The predicted octanol–water partition coefficient (Wildman–Crippen LogP) is 3.62. The average Bonchev–Trinajstić information content (AvgIpc) is 3.09. The van der Waals surface area contributed by atoms with Crippen LogP contribution in [0.15, 0.2) is 40.8 Å². The fraction of sp³-hybridized carbons (Fsp3) is 0.450. The van der Waals surface area contributed by atoms with Gasteiger partial charge < -0.3 is 9.73 Å². The van der Waals surface area contributed by atoms with Crippen LogP contribution in [-0.2, 0) is 13.0 Å². The van der Waals surface area contributed by atoms with E-state index in [1.54, 1.807) is 13.1 Å². The van der Waals surface area contributed by atoms with Gasteiger partial charge in [-0.3, -0.25) is 9.69 Å². The summed E-state index contributed by atoms with van der Waals surface area (Å²) in [5, 5.41) is 2.57. The smallest absolute Gasteiger partial charge is 0.286 e. The molecule has 1 unspecified atom stereocenters. The highest BCUT2D eigenvalue weighted by molar-refractivity contribution is 5.91. The predicted molar refractivity (Wildman–Crippen MR) is 94.8 cm³/mol. The van der Waals surface area contributed by atoms with Crippen molar-refractivity contribution < 1.29 is 13.6 Å². The molecule has 1 aliphatic heterocycles. The van der Waals surface area contributed by atoms with Gasteiger partial charge in [-0.25, -0.2) is 4.39 Å². The van der Waals surface area contributed by atoms with Gasteiger partial charge in [0.2, 0.25) is 0 Å². The minimum Gasteiger partial charge on any atom is -0.455 e. The summed E-state index contributed by atoms with van der Waals surface area (Å²) in [6.45, 7) is 2.84. The van der Waals surface area contributed by atoms with E-state index in [0.29, 0.717) is 11.7 Å². The third-order valence-electron chi connectivity index (χ3n) is 4.85. The molecule has 2 heterocycles. The van der Waals surface area contributed by atoms with E-state index in [1.807, 2.05) is 18.2 Å². The molecule has 1 saturated heterocycles. The number of benzene rings is 1. The van der Waals surface area contributed by atoms with Crippen LogP contribution in [0.5, 0.6) is 0 Å². The maximum Gasteiger partial charge on any atom is 0.286 e. The number of likely N-dealkylation sites (tertiary alicyclic amines) is 1. The number of amides is 1. The molecule has 0 aliphatic carbocycles. The summed E-state index contributed by atoms with van der Waals surface area (Å²) >= 11 is 0. The number of hydrogen-bond donors (Lipinski definition) is 1. The Morgan fingerprint density at radius 1 is 1.28 bits per heavy atom. The van der Waals surface area contributed by atoms with Gasteiger partial charge in [0.1, 0.15) is 11.6 Å². The molecule has 0 radical (unpaired) electrons. The minimum atomic E-state index is -0.193. The molecule has 25 heavy (non-hydrogen) atoms. The van der Waals surface area contributed by atoms with E-state index in [2.05, 4.69) is 10.2 Å². The molecule has 1 atom stereocenters. The summed E-state index contributed by atoms with van der Waals surface area (Å²) in [4.78, 5) is 14.0. The third kappa shape index (κ3) is 4.92. The van der Waals surface area contributed by atoms with E-state index in [0.717, 1.165) is 38.2 Å². The maximum atomic E-state index is 13.0. The van der Waals surface area contributed by atoms with Crippen LogP contribution in [0, 0.1) is 11.7 Å². The molecule has 1 aliphatic rings. The lowest BCUT2D eigenvalue weighted by atomic mass is 9.91. The van der Waals surface area contributed by atoms with Crippen LogP contribution in [-0.4, -0.2) is 30.9 Å². The Morgan fingerprint density at radius 3 is 2.84 bits per heavy atom. The van der Waals surface area contributed by atoms with E-state index < -0.39 is 0 Å². The van der Waals surface area contributed by atoms with E-state index >= 15 is 0 Å². The molecule has 1 amide bonds. The molecule has 1 fully saturated rings. The Kier molecular flexibility index (Phi) is 5.87. The third-order valence-corrected chi connectivity index (χ3v) is 4.85. The molecular formula is C20H25FN2O2. The molecule has 0 spiro atoms. The first-order valence-corrected chi connectivity index (χ1v) is 8.91. The number of rotatable bonds is 6. The monoisotopic (exact) mass is 344 g/mol. The number of aryl methyl sites for hydroxylation is 1. The van der Waals surface area contributed by atoms with Crippen molar-refractivity contribution in [2.75, 3.05) is 20.1 Å². The van der Waals surface area contributed by atoms with Crippen molar-refractivity contribution in [2.24, 2.45) is 5.92 Å². The van der Waals surface area contributed by atoms with Gasteiger partial charge in [0.25, 0.3) is 5.91 Å². The van der Waals surface area contributed by atoms with Crippen molar-refractivity contribution in [3.63, 3.8) is 0 Å². The van der Waals surface area contributed by atoms with Crippen molar-refractivity contribution >= 4 is 5.91 Å². The highest BCUT2D eigenvalue weighted by atomic mass is 19.1. The van der Waals surface area contributed by atoms with Gasteiger partial charge in [0.15, 0.2) is 5.76 Å². The average molecular weight is 344 g/mol. The Morgan fingerprint density at radius 2 is 2.08 bits per heavy atom. The standard InChI is InChI=1S/C20H25FN2O2/c1-22-20(24)19-11-10-18(25-19)14-23-12-2-3-16(13-23)5-4-15-6-8-17(21)9-7-15/h6-11,16H,2-5,12-14H2,1H3,(H,22,24). The van der Waals surface area contributed by atoms with E-state index in [1.165, 1.54) is 30.5 Å². The number of furan rings is 1. The zero-order valence-corrected chi connectivity index (χ0v) is 14.6. The first-order valence-electron chi connectivity index (χ1n) is 8.91. The summed E-state index contributed by atoms with van der Waals surface area (Å²) in [5.74, 6) is 1.47. The van der Waals surface area contributed by atoms with Gasteiger partial charge in [-0.05, 0) is 68.0 Å². The second-order valence-electron chi connectivity index (χ2n) is 6.75. The number of hydrogen-bond acceptors (Lipinski definition) is 3. The quantitative estimate of drug-likeness (QED) is 0.870. The number of carbonyl (C=O) groups is 1. The Balaban J connectivity index is 1.50. The summed E-state index contributed by atoms with van der Waals surface area (Å²) < 4.78 is 18.6. The molecule has 5 heteroatoms. The van der Waals surface area contributed by atoms with Gasteiger partial charge in [0.05, 0.1) is 6.54 Å². The molecule has 4 nitrogen and oxygen atoms in total. The van der Waals surface area contributed by atoms with Crippen molar-refractivity contribution in [3.8, 4) is 0 Å². The number of halogens is 1. The van der Waals surface area contributed by atoms with Crippen LogP contribution in [0.4, 0.5) is 4.39 Å². The van der Waals surface area contributed by atoms with E-state index in [9.17, 15) is 9.18 Å². The van der Waals surface area contributed by atoms with Gasteiger partial charge in [-0.15, -0.1) is 0 Å². The zero-order chi connectivity index (χ0) is 17.6. The Hall–Kier alpha value is -2.14. The lowest BCUT2D eigenvalue weighted by Gasteiger charge is -2.32. The van der Waals surface area contributed by atoms with Gasteiger partial charge in [-0.1, -0.05) is 12.1 Å². The Labute approximate surface area is 148 Å². The van der Waals surface area contributed by atoms with E-state index in [4.69, 9.17) is 4.42 Å². The fourth-order valence-electron chi connectivity index (χ4n) is 3.48.